The molecule has 2 unspecified atom stereocenters. The summed E-state index contributed by atoms with van der Waals surface area (Å²) in [6.45, 7) is 13.7. The molecule has 3 aromatic rings. The van der Waals surface area contributed by atoms with E-state index in [0.717, 1.165) is 70.5 Å². The Balaban J connectivity index is 1.20. The van der Waals surface area contributed by atoms with Gasteiger partial charge < -0.3 is 20.4 Å². The molecule has 0 bridgehead atoms. The average Bonchev–Trinajstić information content (AvgIpc) is 3.52. The molecule has 0 saturated carbocycles. The van der Waals surface area contributed by atoms with Crippen molar-refractivity contribution in [2.75, 3.05) is 45.8 Å². The molecule has 0 aromatic heterocycles. The van der Waals surface area contributed by atoms with Crippen molar-refractivity contribution in [1.29, 1.82) is 0 Å². The van der Waals surface area contributed by atoms with Gasteiger partial charge >= 0.3 is 0 Å². The van der Waals surface area contributed by atoms with Crippen molar-refractivity contribution in [2.45, 2.75) is 84.0 Å². The Morgan fingerprint density at radius 1 is 0.958 bits per heavy atom. The summed E-state index contributed by atoms with van der Waals surface area (Å²) in [6.07, 6.45) is 4.70. The smallest absolute Gasteiger partial charge is 0.245 e. The van der Waals surface area contributed by atoms with Gasteiger partial charge in [0.25, 0.3) is 0 Å². The van der Waals surface area contributed by atoms with Gasteiger partial charge in [-0.1, -0.05) is 91.7 Å². The molecule has 7 nitrogen and oxygen atoms in total. The zero-order chi connectivity index (χ0) is 33.9. The minimum absolute atomic E-state index is 0.00187. The van der Waals surface area contributed by atoms with Crippen molar-refractivity contribution < 1.29 is 9.59 Å². The predicted molar refractivity (Wildman–Crippen MR) is 196 cm³/mol. The quantitative estimate of drug-likeness (QED) is 0.178. The van der Waals surface area contributed by atoms with E-state index in [9.17, 15) is 9.59 Å². The van der Waals surface area contributed by atoms with E-state index < -0.39 is 6.04 Å². The first-order chi connectivity index (χ1) is 23.3. The molecule has 2 aliphatic heterocycles. The number of carbonyl (C=O) groups excluding carboxylic acids is 2. The fraction of sp³-hybridized carbons (Fsp3) is 0.500. The van der Waals surface area contributed by atoms with Gasteiger partial charge in [-0.15, -0.1) is 0 Å². The van der Waals surface area contributed by atoms with Gasteiger partial charge in [0, 0.05) is 62.7 Å². The van der Waals surface area contributed by atoms with Crippen LogP contribution in [0.4, 0.5) is 0 Å². The van der Waals surface area contributed by atoms with E-state index in [0.29, 0.717) is 37.0 Å². The van der Waals surface area contributed by atoms with Crippen LogP contribution >= 0.6 is 11.6 Å². The number of amides is 2. The molecule has 48 heavy (non-hydrogen) atoms. The Morgan fingerprint density at radius 3 is 2.44 bits per heavy atom. The fourth-order valence-electron chi connectivity index (χ4n) is 7.39. The number of hydrogen-bond donors (Lipinski definition) is 2. The molecule has 8 heteroatoms. The average molecular weight is 672 g/mol. The summed E-state index contributed by atoms with van der Waals surface area (Å²) in [7, 11) is 0. The largest absolute Gasteiger partial charge is 0.344 e. The molecule has 2 amide bonds. The molecule has 0 spiro atoms. The maximum absolute atomic E-state index is 14.1. The first-order valence-electron chi connectivity index (χ1n) is 18.0. The molecule has 2 N–H and O–H groups in total. The van der Waals surface area contributed by atoms with E-state index in [1.165, 1.54) is 22.3 Å². The van der Waals surface area contributed by atoms with Crippen molar-refractivity contribution in [3.8, 4) is 0 Å². The van der Waals surface area contributed by atoms with Crippen LogP contribution in [0.5, 0.6) is 0 Å². The summed E-state index contributed by atoms with van der Waals surface area (Å²) in [4.78, 5) is 34.4. The number of benzene rings is 3. The second-order valence-electron chi connectivity index (χ2n) is 13.4. The van der Waals surface area contributed by atoms with Crippen molar-refractivity contribution >= 4 is 23.4 Å². The molecule has 5 rings (SSSR count). The highest BCUT2D eigenvalue weighted by Crippen LogP contribution is 2.30. The molecule has 0 aliphatic carbocycles. The van der Waals surface area contributed by atoms with Crippen LogP contribution in [0.15, 0.2) is 72.8 Å². The predicted octanol–water partition coefficient (Wildman–Crippen LogP) is 6.70. The number of nitrogens with zero attached hydrogens (tertiary/aromatic N) is 3. The molecule has 1 fully saturated rings. The molecule has 0 radical (unpaired) electrons. The molecule has 1 saturated heterocycles. The highest BCUT2D eigenvalue weighted by Gasteiger charge is 2.31. The molecule has 258 valence electrons. The van der Waals surface area contributed by atoms with Crippen molar-refractivity contribution in [1.82, 2.24) is 25.3 Å². The van der Waals surface area contributed by atoms with E-state index >= 15 is 0 Å². The normalized spacial score (nSPS) is 17.7. The topological polar surface area (TPSA) is 67.9 Å². The minimum atomic E-state index is -0.614. The standard InChI is InChI=1S/C40H54ClN5O2/c1-4-44(5-2)22-10-16-38(32-13-8-11-30(3)27-32)45-23-25-46(26-24-45)40(48)37(28-31-18-20-34(41)21-19-31)43-39(47)17-9-15-36-35-14-7-6-12-33(35)29-42-36/h6-8,11-14,18-21,27,36-38,42H,4-5,9-10,15-17,22-26,28-29H2,1-3H3,(H,43,47)/t36?,37-,38?/m1/s1. The number of fused-ring (bicyclic) bond motifs is 1. The number of halogens is 1. The van der Waals surface area contributed by atoms with Gasteiger partial charge in [0.2, 0.25) is 11.8 Å². The van der Waals surface area contributed by atoms with E-state index in [1.54, 1.807) is 0 Å². The van der Waals surface area contributed by atoms with Crippen LogP contribution < -0.4 is 10.6 Å². The summed E-state index contributed by atoms with van der Waals surface area (Å²) in [5.74, 6) is -0.0714. The third-order valence-electron chi connectivity index (χ3n) is 10.2. The maximum atomic E-state index is 14.1. The molecule has 3 atom stereocenters. The lowest BCUT2D eigenvalue weighted by Gasteiger charge is -2.41. The zero-order valence-electron chi connectivity index (χ0n) is 29.1. The number of hydrogen-bond acceptors (Lipinski definition) is 5. The summed E-state index contributed by atoms with van der Waals surface area (Å²) < 4.78 is 0. The van der Waals surface area contributed by atoms with Crippen LogP contribution in [0.1, 0.15) is 85.9 Å². The van der Waals surface area contributed by atoms with Crippen LogP contribution in [-0.2, 0) is 22.6 Å². The molecule has 2 heterocycles. The van der Waals surface area contributed by atoms with Crippen LogP contribution in [0.2, 0.25) is 5.02 Å². The second kappa shape index (κ2) is 18.0. The zero-order valence-corrected chi connectivity index (χ0v) is 29.9. The third-order valence-corrected chi connectivity index (χ3v) is 10.4. The number of piperazine rings is 1. The second-order valence-corrected chi connectivity index (χ2v) is 13.9. The van der Waals surface area contributed by atoms with Gasteiger partial charge in [0.15, 0.2) is 0 Å². The summed E-state index contributed by atoms with van der Waals surface area (Å²) in [5.41, 5.74) is 6.29. The Bertz CT molecular complexity index is 1470. The van der Waals surface area contributed by atoms with Crippen molar-refractivity contribution in [3.05, 3.63) is 106 Å². The number of nitrogens with one attached hydrogen (secondary N) is 2. The summed E-state index contributed by atoms with van der Waals surface area (Å²) >= 11 is 6.16. The number of aryl methyl sites for hydroxylation is 1. The van der Waals surface area contributed by atoms with Crippen molar-refractivity contribution in [3.63, 3.8) is 0 Å². The van der Waals surface area contributed by atoms with Gasteiger partial charge in [-0.25, -0.2) is 0 Å². The Labute approximate surface area is 293 Å². The highest BCUT2D eigenvalue weighted by molar-refractivity contribution is 6.30. The summed E-state index contributed by atoms with van der Waals surface area (Å²) in [6, 6.07) is 25.0. The van der Waals surface area contributed by atoms with Crippen LogP contribution in [0, 0.1) is 6.92 Å². The SMILES string of the molecule is CCN(CC)CCCC(c1cccc(C)c1)N1CCN(C(=O)[C@@H](Cc2ccc(Cl)cc2)NC(=O)CCCC2NCc3ccccc32)CC1. The summed E-state index contributed by atoms with van der Waals surface area (Å²) in [5, 5.41) is 7.36. The monoisotopic (exact) mass is 671 g/mol. The Hall–Kier alpha value is -3.23. The first-order valence-corrected chi connectivity index (χ1v) is 18.4. The van der Waals surface area contributed by atoms with Crippen LogP contribution in [0.3, 0.4) is 0 Å². The van der Waals surface area contributed by atoms with Crippen LogP contribution in [-0.4, -0.2) is 78.4 Å². The maximum Gasteiger partial charge on any atom is 0.245 e. The van der Waals surface area contributed by atoms with E-state index in [1.807, 2.05) is 29.2 Å². The third kappa shape index (κ3) is 9.91. The van der Waals surface area contributed by atoms with Crippen LogP contribution in [0.25, 0.3) is 0 Å². The molecule has 3 aromatic carbocycles. The number of rotatable bonds is 16. The van der Waals surface area contributed by atoms with Gasteiger partial charge in [-0.2, -0.15) is 0 Å². The Morgan fingerprint density at radius 2 is 1.71 bits per heavy atom. The van der Waals surface area contributed by atoms with E-state index in [4.69, 9.17) is 11.6 Å². The minimum Gasteiger partial charge on any atom is -0.344 e. The van der Waals surface area contributed by atoms with Crippen molar-refractivity contribution in [2.24, 2.45) is 0 Å². The fourth-order valence-corrected chi connectivity index (χ4v) is 7.51. The Kier molecular flexibility index (Phi) is 13.5. The molecule has 2 aliphatic rings. The molecular formula is C40H54ClN5O2. The number of carbonyl (C=O) groups is 2. The van der Waals surface area contributed by atoms with Gasteiger partial charge in [-0.05, 0) is 86.6 Å². The van der Waals surface area contributed by atoms with Gasteiger partial charge in [-0.3, -0.25) is 14.5 Å². The lowest BCUT2D eigenvalue weighted by atomic mass is 9.97. The highest BCUT2D eigenvalue weighted by atomic mass is 35.5. The first kappa shape index (κ1) is 36.1. The molecular weight excluding hydrogens is 618 g/mol. The lowest BCUT2D eigenvalue weighted by molar-refractivity contribution is -0.138. The van der Waals surface area contributed by atoms with Gasteiger partial charge in [0.1, 0.15) is 6.04 Å². The lowest BCUT2D eigenvalue weighted by Crippen LogP contribution is -2.56. The van der Waals surface area contributed by atoms with E-state index in [2.05, 4.69) is 89.7 Å². The van der Waals surface area contributed by atoms with Gasteiger partial charge in [0.05, 0.1) is 0 Å². The van der Waals surface area contributed by atoms with E-state index in [-0.39, 0.29) is 17.9 Å².